The highest BCUT2D eigenvalue weighted by Gasteiger charge is 2.23. The summed E-state index contributed by atoms with van der Waals surface area (Å²) < 4.78 is 6.03. The Hall–Kier alpha value is -1.66. The van der Waals surface area contributed by atoms with E-state index in [0.717, 1.165) is 38.5 Å². The van der Waals surface area contributed by atoms with Gasteiger partial charge in [0.15, 0.2) is 0 Å². The number of primary amides is 1. The summed E-state index contributed by atoms with van der Waals surface area (Å²) in [5.41, 5.74) is 5.88. The molecule has 3 heterocycles. The zero-order valence-electron chi connectivity index (χ0n) is 13.6. The van der Waals surface area contributed by atoms with Gasteiger partial charge in [0.2, 0.25) is 5.91 Å². The van der Waals surface area contributed by atoms with Crippen LogP contribution in [-0.4, -0.2) is 61.2 Å². The van der Waals surface area contributed by atoms with Crippen LogP contribution in [0.5, 0.6) is 0 Å². The van der Waals surface area contributed by atoms with Gasteiger partial charge in [-0.05, 0) is 44.5 Å². The van der Waals surface area contributed by atoms with E-state index in [0.29, 0.717) is 5.56 Å². The topological polar surface area (TPSA) is 71.7 Å². The lowest BCUT2D eigenvalue weighted by Crippen LogP contribution is -2.42. The molecule has 6 heteroatoms. The molecule has 0 saturated carbocycles. The molecule has 0 radical (unpaired) electrons. The van der Waals surface area contributed by atoms with Crippen LogP contribution >= 0.6 is 0 Å². The van der Waals surface area contributed by atoms with E-state index < -0.39 is 5.91 Å². The lowest BCUT2D eigenvalue weighted by molar-refractivity contribution is 0.0350. The van der Waals surface area contributed by atoms with Gasteiger partial charge in [0.1, 0.15) is 5.82 Å². The molecule has 2 saturated heterocycles. The van der Waals surface area contributed by atoms with Crippen LogP contribution in [0.15, 0.2) is 18.3 Å². The quantitative estimate of drug-likeness (QED) is 0.905. The first-order valence-electron chi connectivity index (χ1n) is 8.57. The number of hydrogen-bond acceptors (Lipinski definition) is 5. The van der Waals surface area contributed by atoms with Crippen molar-refractivity contribution in [3.8, 4) is 0 Å². The maximum Gasteiger partial charge on any atom is 0.248 e. The molecule has 2 N–H and O–H groups in total. The van der Waals surface area contributed by atoms with Gasteiger partial charge >= 0.3 is 0 Å². The van der Waals surface area contributed by atoms with Gasteiger partial charge in [-0.25, -0.2) is 4.98 Å². The predicted molar refractivity (Wildman–Crippen MR) is 89.6 cm³/mol. The highest BCUT2D eigenvalue weighted by molar-refractivity contribution is 5.93. The maximum atomic E-state index is 11.4. The molecule has 3 rings (SSSR count). The number of piperidine rings is 1. The number of anilines is 1. The third-order valence-electron chi connectivity index (χ3n) is 4.61. The number of ether oxygens (including phenoxy) is 1. The summed E-state index contributed by atoms with van der Waals surface area (Å²) in [5.74, 6) is 0.403. The molecule has 1 unspecified atom stereocenters. The van der Waals surface area contributed by atoms with Crippen LogP contribution in [0.4, 0.5) is 5.82 Å². The molecular weight excluding hydrogens is 292 g/mol. The molecule has 2 fully saturated rings. The molecule has 23 heavy (non-hydrogen) atoms. The minimum atomic E-state index is -0.412. The van der Waals surface area contributed by atoms with E-state index >= 15 is 0 Å². The van der Waals surface area contributed by atoms with Crippen LogP contribution in [0.25, 0.3) is 0 Å². The SMILES string of the molecule is NC(=O)c1ccnc(N2CCCOC(CN3CCCCC3)C2)c1. The van der Waals surface area contributed by atoms with E-state index in [-0.39, 0.29) is 6.10 Å². The number of nitrogens with zero attached hydrogens (tertiary/aromatic N) is 3. The van der Waals surface area contributed by atoms with Crippen LogP contribution in [-0.2, 0) is 4.74 Å². The van der Waals surface area contributed by atoms with Crippen LogP contribution in [0.1, 0.15) is 36.0 Å². The summed E-state index contributed by atoms with van der Waals surface area (Å²) in [5, 5.41) is 0. The van der Waals surface area contributed by atoms with Gasteiger partial charge in [0.05, 0.1) is 6.10 Å². The van der Waals surface area contributed by atoms with E-state index in [2.05, 4.69) is 14.8 Å². The lowest BCUT2D eigenvalue weighted by atomic mass is 10.1. The first-order valence-corrected chi connectivity index (χ1v) is 8.57. The fourth-order valence-electron chi connectivity index (χ4n) is 3.39. The van der Waals surface area contributed by atoms with Gasteiger partial charge in [-0.3, -0.25) is 4.79 Å². The number of amides is 1. The van der Waals surface area contributed by atoms with Gasteiger partial charge in [0, 0.05) is 38.0 Å². The fourth-order valence-corrected chi connectivity index (χ4v) is 3.39. The number of rotatable bonds is 4. The van der Waals surface area contributed by atoms with E-state index in [1.807, 2.05) is 0 Å². The zero-order valence-corrected chi connectivity index (χ0v) is 13.6. The van der Waals surface area contributed by atoms with Crippen molar-refractivity contribution in [2.75, 3.05) is 44.2 Å². The normalized spacial score (nSPS) is 23.5. The fraction of sp³-hybridized carbons (Fsp3) is 0.647. The van der Waals surface area contributed by atoms with Crippen molar-refractivity contribution in [3.63, 3.8) is 0 Å². The van der Waals surface area contributed by atoms with Gasteiger partial charge in [0.25, 0.3) is 0 Å². The number of nitrogens with two attached hydrogens (primary N) is 1. The minimum Gasteiger partial charge on any atom is -0.375 e. The molecule has 0 bridgehead atoms. The molecule has 0 aliphatic carbocycles. The molecule has 1 aromatic rings. The summed E-state index contributed by atoms with van der Waals surface area (Å²) in [6.45, 7) is 5.82. The highest BCUT2D eigenvalue weighted by Crippen LogP contribution is 2.18. The second kappa shape index (κ2) is 7.75. The lowest BCUT2D eigenvalue weighted by Gasteiger charge is -2.32. The Morgan fingerprint density at radius 1 is 1.26 bits per heavy atom. The van der Waals surface area contributed by atoms with Crippen LogP contribution < -0.4 is 10.6 Å². The first kappa shape index (κ1) is 16.2. The van der Waals surface area contributed by atoms with E-state index in [1.54, 1.807) is 18.3 Å². The second-order valence-electron chi connectivity index (χ2n) is 6.42. The molecule has 1 amide bonds. The Morgan fingerprint density at radius 2 is 2.09 bits per heavy atom. The van der Waals surface area contributed by atoms with Crippen molar-refractivity contribution in [2.24, 2.45) is 5.73 Å². The number of aromatic nitrogens is 1. The smallest absolute Gasteiger partial charge is 0.248 e. The Balaban J connectivity index is 1.66. The van der Waals surface area contributed by atoms with Crippen LogP contribution in [0, 0.1) is 0 Å². The van der Waals surface area contributed by atoms with Crippen molar-refractivity contribution >= 4 is 11.7 Å². The summed E-state index contributed by atoms with van der Waals surface area (Å²) in [6.07, 6.45) is 6.74. The third kappa shape index (κ3) is 4.42. The Kier molecular flexibility index (Phi) is 5.46. The van der Waals surface area contributed by atoms with E-state index in [4.69, 9.17) is 10.5 Å². The molecule has 1 aromatic heterocycles. The molecule has 1 atom stereocenters. The molecule has 6 nitrogen and oxygen atoms in total. The van der Waals surface area contributed by atoms with Crippen molar-refractivity contribution in [2.45, 2.75) is 31.8 Å². The predicted octanol–water partition coefficient (Wildman–Crippen LogP) is 1.26. The number of pyridine rings is 1. The van der Waals surface area contributed by atoms with E-state index in [9.17, 15) is 4.79 Å². The minimum absolute atomic E-state index is 0.189. The number of hydrogen-bond donors (Lipinski definition) is 1. The summed E-state index contributed by atoms with van der Waals surface area (Å²) in [6, 6.07) is 3.44. The Morgan fingerprint density at radius 3 is 2.87 bits per heavy atom. The molecule has 126 valence electrons. The monoisotopic (exact) mass is 318 g/mol. The summed E-state index contributed by atoms with van der Waals surface area (Å²) in [7, 11) is 0. The van der Waals surface area contributed by atoms with Crippen molar-refractivity contribution < 1.29 is 9.53 Å². The average Bonchev–Trinajstić information content (AvgIpc) is 2.81. The molecule has 0 aromatic carbocycles. The van der Waals surface area contributed by atoms with Gasteiger partial charge in [-0.15, -0.1) is 0 Å². The Bertz CT molecular complexity index is 531. The first-order chi connectivity index (χ1) is 11.2. The summed E-state index contributed by atoms with van der Waals surface area (Å²) in [4.78, 5) is 20.5. The maximum absolute atomic E-state index is 11.4. The largest absolute Gasteiger partial charge is 0.375 e. The van der Waals surface area contributed by atoms with Gasteiger partial charge in [-0.1, -0.05) is 6.42 Å². The summed E-state index contributed by atoms with van der Waals surface area (Å²) >= 11 is 0. The van der Waals surface area contributed by atoms with Crippen molar-refractivity contribution in [1.82, 2.24) is 9.88 Å². The number of likely N-dealkylation sites (tertiary alicyclic amines) is 1. The molecule has 0 spiro atoms. The van der Waals surface area contributed by atoms with Crippen molar-refractivity contribution in [1.29, 1.82) is 0 Å². The van der Waals surface area contributed by atoms with Crippen LogP contribution in [0.2, 0.25) is 0 Å². The molecule has 2 aliphatic rings. The van der Waals surface area contributed by atoms with Gasteiger partial charge in [-0.2, -0.15) is 0 Å². The standard InChI is InChI=1S/C17H26N4O2/c18-17(22)14-5-6-19-16(11-14)21-9-4-10-23-15(13-21)12-20-7-2-1-3-8-20/h5-6,11,15H,1-4,7-10,12-13H2,(H2,18,22). The van der Waals surface area contributed by atoms with Crippen molar-refractivity contribution in [3.05, 3.63) is 23.9 Å². The highest BCUT2D eigenvalue weighted by atomic mass is 16.5. The Labute approximate surface area is 137 Å². The number of carbonyl (C=O) groups is 1. The van der Waals surface area contributed by atoms with Crippen LogP contribution in [0.3, 0.4) is 0 Å². The van der Waals surface area contributed by atoms with E-state index in [1.165, 1.54) is 32.4 Å². The second-order valence-corrected chi connectivity index (χ2v) is 6.42. The number of carbonyl (C=O) groups excluding carboxylic acids is 1. The zero-order chi connectivity index (χ0) is 16.1. The van der Waals surface area contributed by atoms with Gasteiger partial charge < -0.3 is 20.3 Å². The molecular formula is C17H26N4O2. The average molecular weight is 318 g/mol. The molecule has 2 aliphatic heterocycles. The third-order valence-corrected chi connectivity index (χ3v) is 4.61.